The Labute approximate surface area is 143 Å². The van der Waals surface area contributed by atoms with Crippen molar-refractivity contribution in [3.63, 3.8) is 0 Å². The van der Waals surface area contributed by atoms with Gasteiger partial charge in [-0.1, -0.05) is 0 Å². The highest BCUT2D eigenvalue weighted by Gasteiger charge is 2.47. The van der Waals surface area contributed by atoms with E-state index in [0.717, 1.165) is 22.6 Å². The van der Waals surface area contributed by atoms with Gasteiger partial charge >= 0.3 is 0 Å². The van der Waals surface area contributed by atoms with Gasteiger partial charge in [0.15, 0.2) is 0 Å². The zero-order valence-corrected chi connectivity index (χ0v) is 13.7. The third kappa shape index (κ3) is 2.25. The van der Waals surface area contributed by atoms with Gasteiger partial charge in [-0.05, 0) is 31.0 Å². The average Bonchev–Trinajstić information content (AvgIpc) is 2.84. The monoisotopic (exact) mass is 343 g/mol. The first-order chi connectivity index (χ1) is 12.0. The first-order valence-electron chi connectivity index (χ1n) is 8.18. The molecule has 4 amide bonds. The van der Waals surface area contributed by atoms with E-state index in [0.29, 0.717) is 18.7 Å². The van der Waals surface area contributed by atoms with Crippen LogP contribution in [0.1, 0.15) is 44.7 Å². The van der Waals surface area contributed by atoms with Gasteiger partial charge in [-0.25, -0.2) is 0 Å². The van der Waals surface area contributed by atoms with E-state index in [4.69, 9.17) is 4.74 Å². The highest BCUT2D eigenvalue weighted by Crippen LogP contribution is 2.38. The van der Waals surface area contributed by atoms with Gasteiger partial charge in [-0.3, -0.25) is 29.4 Å². The largest absolute Gasteiger partial charge is 0.496 e. The molecule has 0 radical (unpaired) electrons. The molecule has 1 unspecified atom stereocenters. The Morgan fingerprint density at radius 2 is 1.96 bits per heavy atom. The number of fused-ring (bicyclic) bond motifs is 2. The van der Waals surface area contributed by atoms with Crippen LogP contribution >= 0.6 is 0 Å². The van der Waals surface area contributed by atoms with E-state index in [9.17, 15) is 19.2 Å². The molecular weight excluding hydrogens is 326 g/mol. The smallest absolute Gasteiger partial charge is 0.266 e. The maximum Gasteiger partial charge on any atom is 0.266 e. The molecule has 3 aliphatic rings. The highest BCUT2D eigenvalue weighted by molar-refractivity contribution is 6.24. The number of benzene rings is 1. The standard InChI is InChI=1S/C17H17N3O5/c1-25-14-9-4-5-18-7-8(9)6-10-13(14)17(24)20(16(10)23)11-2-3-12(21)19-15(11)22/h6,11,18H,2-5,7H2,1H3,(H,19,21,22). The number of hydrogen-bond acceptors (Lipinski definition) is 6. The summed E-state index contributed by atoms with van der Waals surface area (Å²) < 4.78 is 5.47. The summed E-state index contributed by atoms with van der Waals surface area (Å²) in [7, 11) is 1.48. The van der Waals surface area contributed by atoms with Gasteiger partial charge in [0, 0.05) is 18.5 Å². The summed E-state index contributed by atoms with van der Waals surface area (Å²) >= 11 is 0. The number of piperidine rings is 1. The SMILES string of the molecule is COc1c2c(cc3c1C(=O)N(C1CCC(=O)NC1=O)C3=O)CNCC2. The lowest BCUT2D eigenvalue weighted by Gasteiger charge is -2.27. The number of carbonyl (C=O) groups excluding carboxylic acids is 4. The normalized spacial score (nSPS) is 22.6. The van der Waals surface area contributed by atoms with Crippen LogP contribution in [-0.2, 0) is 22.6 Å². The van der Waals surface area contributed by atoms with E-state index in [1.165, 1.54) is 7.11 Å². The molecule has 0 spiro atoms. The van der Waals surface area contributed by atoms with Crippen molar-refractivity contribution in [1.82, 2.24) is 15.5 Å². The fraction of sp³-hybridized carbons (Fsp3) is 0.412. The van der Waals surface area contributed by atoms with E-state index < -0.39 is 29.7 Å². The molecule has 8 heteroatoms. The molecule has 0 aliphatic carbocycles. The van der Waals surface area contributed by atoms with Gasteiger partial charge in [-0.15, -0.1) is 0 Å². The minimum Gasteiger partial charge on any atom is -0.496 e. The first kappa shape index (κ1) is 15.8. The molecule has 0 aromatic heterocycles. The quantitative estimate of drug-likeness (QED) is 0.717. The van der Waals surface area contributed by atoms with Crippen molar-refractivity contribution in [3.8, 4) is 5.75 Å². The topological polar surface area (TPSA) is 105 Å². The molecule has 1 aromatic rings. The van der Waals surface area contributed by atoms with E-state index in [2.05, 4.69) is 10.6 Å². The van der Waals surface area contributed by atoms with Gasteiger partial charge in [-0.2, -0.15) is 0 Å². The summed E-state index contributed by atoms with van der Waals surface area (Å²) in [5.74, 6) is -1.64. The Balaban J connectivity index is 1.80. The number of hydrogen-bond donors (Lipinski definition) is 2. The summed E-state index contributed by atoms with van der Waals surface area (Å²) in [6, 6.07) is 0.746. The molecule has 8 nitrogen and oxygen atoms in total. The second kappa shape index (κ2) is 5.66. The lowest BCUT2D eigenvalue weighted by molar-refractivity contribution is -0.136. The maximum atomic E-state index is 12.9. The fourth-order valence-corrected chi connectivity index (χ4v) is 3.78. The fourth-order valence-electron chi connectivity index (χ4n) is 3.78. The molecule has 0 saturated carbocycles. The third-order valence-corrected chi connectivity index (χ3v) is 4.95. The van der Waals surface area contributed by atoms with Crippen molar-refractivity contribution in [3.05, 3.63) is 28.3 Å². The molecule has 130 valence electrons. The van der Waals surface area contributed by atoms with Crippen molar-refractivity contribution in [1.29, 1.82) is 0 Å². The van der Waals surface area contributed by atoms with Gasteiger partial charge < -0.3 is 10.1 Å². The summed E-state index contributed by atoms with van der Waals surface area (Å²) in [4.78, 5) is 50.2. The van der Waals surface area contributed by atoms with E-state index in [-0.39, 0.29) is 24.0 Å². The van der Waals surface area contributed by atoms with Crippen LogP contribution in [0.3, 0.4) is 0 Å². The number of nitrogens with zero attached hydrogens (tertiary/aromatic N) is 1. The average molecular weight is 343 g/mol. The van der Waals surface area contributed by atoms with Crippen LogP contribution < -0.4 is 15.4 Å². The molecule has 0 bridgehead atoms. The Morgan fingerprint density at radius 1 is 1.16 bits per heavy atom. The van der Waals surface area contributed by atoms with E-state index >= 15 is 0 Å². The van der Waals surface area contributed by atoms with Crippen molar-refractivity contribution >= 4 is 23.6 Å². The van der Waals surface area contributed by atoms with Crippen molar-refractivity contribution in [2.75, 3.05) is 13.7 Å². The molecule has 1 atom stereocenters. The van der Waals surface area contributed by atoms with Crippen molar-refractivity contribution in [2.45, 2.75) is 31.8 Å². The van der Waals surface area contributed by atoms with Crippen LogP contribution in [0.25, 0.3) is 0 Å². The summed E-state index contributed by atoms with van der Waals surface area (Å²) in [6.45, 7) is 1.36. The molecule has 4 rings (SSSR count). The first-order valence-corrected chi connectivity index (χ1v) is 8.18. The minimum atomic E-state index is -0.968. The molecule has 25 heavy (non-hydrogen) atoms. The van der Waals surface area contributed by atoms with Crippen molar-refractivity contribution < 1.29 is 23.9 Å². The van der Waals surface area contributed by atoms with Gasteiger partial charge in [0.25, 0.3) is 11.8 Å². The molecular formula is C17H17N3O5. The zero-order valence-electron chi connectivity index (χ0n) is 13.7. The van der Waals surface area contributed by atoms with Crippen LogP contribution in [0.5, 0.6) is 5.75 Å². The van der Waals surface area contributed by atoms with E-state index in [1.807, 2.05) is 0 Å². The number of ether oxygens (including phenoxy) is 1. The highest BCUT2D eigenvalue weighted by atomic mass is 16.5. The van der Waals surface area contributed by atoms with Crippen LogP contribution in [0.2, 0.25) is 0 Å². The number of imide groups is 2. The minimum absolute atomic E-state index is 0.0986. The second-order valence-electron chi connectivity index (χ2n) is 6.34. The predicted molar refractivity (Wildman–Crippen MR) is 85.1 cm³/mol. The predicted octanol–water partition coefficient (Wildman–Crippen LogP) is -0.258. The van der Waals surface area contributed by atoms with Gasteiger partial charge in [0.1, 0.15) is 11.8 Å². The molecule has 1 aromatic carbocycles. The van der Waals surface area contributed by atoms with Crippen molar-refractivity contribution in [2.24, 2.45) is 0 Å². The Kier molecular flexibility index (Phi) is 3.57. The number of amides is 4. The Morgan fingerprint density at radius 3 is 2.68 bits per heavy atom. The lowest BCUT2D eigenvalue weighted by atomic mass is 9.93. The van der Waals surface area contributed by atoms with Gasteiger partial charge in [0.05, 0.1) is 18.2 Å². The zero-order chi connectivity index (χ0) is 17.7. The van der Waals surface area contributed by atoms with E-state index in [1.54, 1.807) is 6.07 Å². The van der Waals surface area contributed by atoms with Gasteiger partial charge in [0.2, 0.25) is 11.8 Å². The summed E-state index contributed by atoms with van der Waals surface area (Å²) in [5.41, 5.74) is 2.33. The van der Waals surface area contributed by atoms with Crippen LogP contribution in [0.15, 0.2) is 6.07 Å². The molecule has 3 aliphatic heterocycles. The van der Waals surface area contributed by atoms with Crippen LogP contribution in [-0.4, -0.2) is 48.2 Å². The Hall–Kier alpha value is -2.74. The summed E-state index contributed by atoms with van der Waals surface area (Å²) in [5, 5.41) is 5.42. The Bertz CT molecular complexity index is 832. The van der Waals surface area contributed by atoms with Crippen LogP contribution in [0.4, 0.5) is 0 Å². The maximum absolute atomic E-state index is 12.9. The molecule has 2 N–H and O–H groups in total. The second-order valence-corrected chi connectivity index (χ2v) is 6.34. The van der Waals surface area contributed by atoms with Crippen LogP contribution in [0, 0.1) is 0 Å². The number of carbonyl (C=O) groups is 4. The third-order valence-electron chi connectivity index (χ3n) is 4.95. The number of rotatable bonds is 2. The molecule has 3 heterocycles. The molecule has 1 fully saturated rings. The number of methoxy groups -OCH3 is 1. The molecule has 1 saturated heterocycles. The lowest BCUT2D eigenvalue weighted by Crippen LogP contribution is -2.54. The number of nitrogens with one attached hydrogen (secondary N) is 2. The summed E-state index contributed by atoms with van der Waals surface area (Å²) in [6.07, 6.45) is 0.937.